The molecule has 3 aromatic carbocycles. The number of ketones is 1. The van der Waals surface area contributed by atoms with Crippen LogP contribution in [0.1, 0.15) is 33.5 Å². The molecule has 0 bridgehead atoms. The summed E-state index contributed by atoms with van der Waals surface area (Å²) in [5, 5.41) is 3.36. The highest BCUT2D eigenvalue weighted by Gasteiger charge is 2.11. The number of benzene rings is 3. The molecule has 0 fully saturated rings. The van der Waals surface area contributed by atoms with Gasteiger partial charge in [-0.25, -0.2) is 4.98 Å². The minimum atomic E-state index is -0.269. The van der Waals surface area contributed by atoms with Gasteiger partial charge in [0.25, 0.3) is 5.91 Å². The summed E-state index contributed by atoms with van der Waals surface area (Å²) in [6.45, 7) is 2.50. The van der Waals surface area contributed by atoms with E-state index in [-0.39, 0.29) is 17.5 Å². The van der Waals surface area contributed by atoms with Crippen LogP contribution < -0.4 is 10.1 Å². The molecule has 0 atom stereocenters. The molecule has 32 heavy (non-hydrogen) atoms. The van der Waals surface area contributed by atoms with E-state index in [9.17, 15) is 9.59 Å². The van der Waals surface area contributed by atoms with E-state index in [1.54, 1.807) is 72.8 Å². The monoisotopic (exact) mass is 445 g/mol. The number of fused-ring (bicyclic) bond motifs is 1. The fourth-order valence-corrected chi connectivity index (χ4v) is 3.33. The van der Waals surface area contributed by atoms with E-state index in [2.05, 4.69) is 15.3 Å². The number of amides is 1. The summed E-state index contributed by atoms with van der Waals surface area (Å²) in [6.07, 6.45) is 3.10. The topological polar surface area (TPSA) is 84.1 Å². The Morgan fingerprint density at radius 2 is 1.81 bits per heavy atom. The van der Waals surface area contributed by atoms with Gasteiger partial charge in [-0.05, 0) is 67.1 Å². The van der Waals surface area contributed by atoms with Crippen molar-refractivity contribution in [3.8, 4) is 5.75 Å². The highest BCUT2D eigenvalue weighted by molar-refractivity contribution is 6.35. The van der Waals surface area contributed by atoms with Crippen molar-refractivity contribution in [3.63, 3.8) is 0 Å². The van der Waals surface area contributed by atoms with E-state index in [1.807, 2.05) is 6.92 Å². The summed E-state index contributed by atoms with van der Waals surface area (Å²) in [6, 6.07) is 19.4. The second kappa shape index (κ2) is 9.49. The summed E-state index contributed by atoms with van der Waals surface area (Å²) < 4.78 is 5.40. The zero-order chi connectivity index (χ0) is 22.5. The van der Waals surface area contributed by atoms with E-state index >= 15 is 0 Å². The summed E-state index contributed by atoms with van der Waals surface area (Å²) >= 11 is 6.12. The number of nitrogens with one attached hydrogen (secondary N) is 2. The van der Waals surface area contributed by atoms with Crippen molar-refractivity contribution in [2.45, 2.75) is 6.92 Å². The quantitative estimate of drug-likeness (QED) is 0.279. The average molecular weight is 446 g/mol. The van der Waals surface area contributed by atoms with Gasteiger partial charge in [-0.3, -0.25) is 9.59 Å². The largest absolute Gasteiger partial charge is 0.494 e. The van der Waals surface area contributed by atoms with Gasteiger partial charge in [0, 0.05) is 11.3 Å². The second-order valence-corrected chi connectivity index (χ2v) is 7.36. The van der Waals surface area contributed by atoms with Crippen molar-refractivity contribution in [3.05, 3.63) is 94.8 Å². The predicted octanol–water partition coefficient (Wildman–Crippen LogP) is 5.76. The Morgan fingerprint density at radius 3 is 2.50 bits per heavy atom. The number of anilines is 1. The number of aromatic nitrogens is 2. The molecule has 6 nitrogen and oxygen atoms in total. The fourth-order valence-electron chi connectivity index (χ4n) is 3.11. The number of allylic oxidation sites excluding steroid dienone is 1. The van der Waals surface area contributed by atoms with Gasteiger partial charge in [0.1, 0.15) is 5.75 Å². The lowest BCUT2D eigenvalue weighted by molar-refractivity contribution is 0.102. The van der Waals surface area contributed by atoms with Gasteiger partial charge in [-0.1, -0.05) is 35.9 Å². The Balaban J connectivity index is 1.40. The molecule has 7 heteroatoms. The van der Waals surface area contributed by atoms with Crippen LogP contribution in [0, 0.1) is 0 Å². The minimum Gasteiger partial charge on any atom is -0.494 e. The van der Waals surface area contributed by atoms with Crippen molar-refractivity contribution in [1.82, 2.24) is 9.97 Å². The Hall–Kier alpha value is -3.90. The minimum absolute atomic E-state index is 0.218. The van der Waals surface area contributed by atoms with Gasteiger partial charge >= 0.3 is 0 Å². The van der Waals surface area contributed by atoms with Crippen LogP contribution in [0.2, 0.25) is 5.02 Å². The number of halogens is 1. The first-order valence-electron chi connectivity index (χ1n) is 10.0. The molecule has 0 saturated heterocycles. The second-order valence-electron chi connectivity index (χ2n) is 6.95. The SMILES string of the molecule is CCOc1ccc(NC(=O)c2ccc(C=CC(=O)c3nc4cccc(Cl)c4[nH]3)cc2)cc1. The van der Waals surface area contributed by atoms with E-state index in [4.69, 9.17) is 16.3 Å². The van der Waals surface area contributed by atoms with E-state index < -0.39 is 0 Å². The molecule has 1 heterocycles. The lowest BCUT2D eigenvalue weighted by Gasteiger charge is -2.07. The average Bonchev–Trinajstić information content (AvgIpc) is 3.25. The lowest BCUT2D eigenvalue weighted by atomic mass is 10.1. The molecule has 0 radical (unpaired) electrons. The van der Waals surface area contributed by atoms with Gasteiger partial charge in [0.05, 0.1) is 22.7 Å². The molecule has 0 aliphatic heterocycles. The number of carbonyl (C=O) groups is 2. The van der Waals surface area contributed by atoms with Crippen molar-refractivity contribution < 1.29 is 14.3 Å². The third-order valence-electron chi connectivity index (χ3n) is 4.72. The number of para-hydroxylation sites is 1. The molecule has 2 N–H and O–H groups in total. The van der Waals surface area contributed by atoms with Gasteiger partial charge in [-0.2, -0.15) is 0 Å². The third kappa shape index (κ3) is 4.87. The number of aromatic amines is 1. The van der Waals surface area contributed by atoms with Crippen LogP contribution in [0.15, 0.2) is 72.8 Å². The number of hydrogen-bond acceptors (Lipinski definition) is 4. The normalized spacial score (nSPS) is 11.1. The number of carbonyl (C=O) groups excluding carboxylic acids is 2. The Kier molecular flexibility index (Phi) is 6.33. The fraction of sp³-hybridized carbons (Fsp3) is 0.0800. The maximum absolute atomic E-state index is 12.5. The summed E-state index contributed by atoms with van der Waals surface area (Å²) in [5.74, 6) is 0.479. The maximum atomic E-state index is 12.5. The molecular weight excluding hydrogens is 426 g/mol. The smallest absolute Gasteiger partial charge is 0.255 e. The van der Waals surface area contributed by atoms with E-state index in [1.165, 1.54) is 6.08 Å². The van der Waals surface area contributed by atoms with Crippen molar-refractivity contribution in [1.29, 1.82) is 0 Å². The van der Waals surface area contributed by atoms with Crippen molar-refractivity contribution >= 4 is 46.1 Å². The highest BCUT2D eigenvalue weighted by Crippen LogP contribution is 2.21. The molecule has 1 amide bonds. The first-order chi connectivity index (χ1) is 15.5. The zero-order valence-electron chi connectivity index (χ0n) is 17.3. The Bertz CT molecular complexity index is 1290. The number of imidazole rings is 1. The number of H-pyrrole nitrogens is 1. The first-order valence-corrected chi connectivity index (χ1v) is 10.4. The van der Waals surface area contributed by atoms with E-state index in [0.29, 0.717) is 33.9 Å². The summed E-state index contributed by atoms with van der Waals surface area (Å²) in [4.78, 5) is 32.1. The van der Waals surface area contributed by atoms with Gasteiger partial charge in [0.2, 0.25) is 5.78 Å². The molecule has 4 rings (SSSR count). The summed E-state index contributed by atoms with van der Waals surface area (Å²) in [7, 11) is 0. The molecule has 1 aromatic heterocycles. The standard InChI is InChI=1S/C25H20ClN3O3/c1-2-32-19-13-11-18(12-14-19)27-25(31)17-9-6-16(7-10-17)8-15-22(30)24-28-21-5-3-4-20(26)23(21)29-24/h3-15H,2H2,1H3,(H,27,31)(H,28,29). The molecule has 0 spiro atoms. The van der Waals surface area contributed by atoms with Gasteiger partial charge in [-0.15, -0.1) is 0 Å². The molecular formula is C25H20ClN3O3. The number of rotatable bonds is 7. The Morgan fingerprint density at radius 1 is 1.06 bits per heavy atom. The molecule has 160 valence electrons. The highest BCUT2D eigenvalue weighted by atomic mass is 35.5. The van der Waals surface area contributed by atoms with Crippen molar-refractivity contribution in [2.24, 2.45) is 0 Å². The van der Waals surface area contributed by atoms with Crippen LogP contribution in [-0.4, -0.2) is 28.3 Å². The van der Waals surface area contributed by atoms with Crippen LogP contribution in [0.5, 0.6) is 5.75 Å². The molecule has 4 aromatic rings. The van der Waals surface area contributed by atoms with E-state index in [0.717, 1.165) is 11.3 Å². The molecule has 0 unspecified atom stereocenters. The van der Waals surface area contributed by atoms with Crippen LogP contribution in [-0.2, 0) is 0 Å². The number of ether oxygens (including phenoxy) is 1. The predicted molar refractivity (Wildman–Crippen MR) is 126 cm³/mol. The molecule has 0 aliphatic rings. The van der Waals surface area contributed by atoms with Crippen LogP contribution in [0.4, 0.5) is 5.69 Å². The zero-order valence-corrected chi connectivity index (χ0v) is 18.0. The number of hydrogen-bond donors (Lipinski definition) is 2. The van der Waals surface area contributed by atoms with Gasteiger partial charge < -0.3 is 15.0 Å². The lowest BCUT2D eigenvalue weighted by Crippen LogP contribution is -2.11. The van der Waals surface area contributed by atoms with Crippen LogP contribution >= 0.6 is 11.6 Å². The molecule has 0 aliphatic carbocycles. The third-order valence-corrected chi connectivity index (χ3v) is 5.04. The number of nitrogens with zero attached hydrogens (tertiary/aromatic N) is 1. The van der Waals surface area contributed by atoms with Crippen LogP contribution in [0.25, 0.3) is 17.1 Å². The maximum Gasteiger partial charge on any atom is 0.255 e. The summed E-state index contributed by atoms with van der Waals surface area (Å²) in [5.41, 5.74) is 3.24. The van der Waals surface area contributed by atoms with Gasteiger partial charge in [0.15, 0.2) is 5.82 Å². The van der Waals surface area contributed by atoms with Crippen LogP contribution in [0.3, 0.4) is 0 Å². The Labute approximate surface area is 189 Å². The first kappa shape index (κ1) is 21.3. The molecule has 0 saturated carbocycles. The van der Waals surface area contributed by atoms with Crippen molar-refractivity contribution in [2.75, 3.05) is 11.9 Å².